The molecule has 41 heavy (non-hydrogen) atoms. The van der Waals surface area contributed by atoms with Crippen molar-refractivity contribution in [1.29, 1.82) is 0 Å². The number of ether oxygens (including phenoxy) is 2. The summed E-state index contributed by atoms with van der Waals surface area (Å²) in [4.78, 5) is 11.2. The van der Waals surface area contributed by atoms with Crippen LogP contribution in [0.2, 0.25) is 0 Å². The van der Waals surface area contributed by atoms with Crippen molar-refractivity contribution in [3.8, 4) is 34.5 Å². The number of carboxylic acid groups (broad SMARTS) is 1. The summed E-state index contributed by atoms with van der Waals surface area (Å²) < 4.78 is 32.9. The van der Waals surface area contributed by atoms with E-state index in [1.165, 1.54) is 4.70 Å². The Morgan fingerprint density at radius 2 is 1.73 bits per heavy atom. The summed E-state index contributed by atoms with van der Waals surface area (Å²) in [6.45, 7) is 6.68. The first kappa shape index (κ1) is 29.0. The minimum atomic E-state index is -2.40. The molecule has 6 nitrogen and oxygen atoms in total. The zero-order valence-electron chi connectivity index (χ0n) is 23.3. The molecule has 0 bridgehead atoms. The topological polar surface area (TPSA) is 96.2 Å². The second kappa shape index (κ2) is 11.8. The van der Waals surface area contributed by atoms with Crippen LogP contribution in [0.25, 0.3) is 21.2 Å². The van der Waals surface area contributed by atoms with E-state index in [1.807, 2.05) is 49.4 Å². The van der Waals surface area contributed by atoms with E-state index in [1.54, 1.807) is 18.3 Å². The van der Waals surface area contributed by atoms with Crippen molar-refractivity contribution in [2.45, 2.75) is 39.7 Å². The summed E-state index contributed by atoms with van der Waals surface area (Å²) in [5.74, 6) is 6.97. The molecule has 0 amide bonds. The van der Waals surface area contributed by atoms with Gasteiger partial charge in [-0.1, -0.05) is 43.2 Å². The van der Waals surface area contributed by atoms with Crippen LogP contribution in [0.3, 0.4) is 0 Å². The van der Waals surface area contributed by atoms with Crippen LogP contribution in [0, 0.1) is 24.2 Å². The standard InChI is InChI=1S/C33H34O6S2/c1-4-5-25(15-32(34)35)24-8-6-23(7-9-24)17-38-27-11-13-31-29(16-27)30(18-40-31)28-12-10-26(14-22(28)2)39-19-33(3)20-41(36,37)21-33/h6-14,16,18,25,36-37H,15,17,19-21H2,1-3H3,(H,34,35)/t25-/m0/s1. The van der Waals surface area contributed by atoms with Crippen LogP contribution >= 0.6 is 21.9 Å². The molecular formula is C33H34O6S2. The van der Waals surface area contributed by atoms with Gasteiger partial charge in [0.15, 0.2) is 0 Å². The fraction of sp³-hybridized carbons (Fsp3) is 0.303. The van der Waals surface area contributed by atoms with E-state index < -0.39 is 16.6 Å². The predicted molar refractivity (Wildman–Crippen MR) is 167 cm³/mol. The van der Waals surface area contributed by atoms with Crippen LogP contribution in [-0.2, 0) is 11.4 Å². The predicted octanol–water partition coefficient (Wildman–Crippen LogP) is 8.19. The molecule has 214 valence electrons. The fourth-order valence-electron chi connectivity index (χ4n) is 5.36. The van der Waals surface area contributed by atoms with Crippen LogP contribution in [0.15, 0.2) is 66.0 Å². The number of aliphatic carboxylic acids is 1. The largest absolute Gasteiger partial charge is 0.493 e. The first-order chi connectivity index (χ1) is 19.5. The number of carbonyl (C=O) groups is 1. The van der Waals surface area contributed by atoms with E-state index in [9.17, 15) is 19.0 Å². The highest BCUT2D eigenvalue weighted by molar-refractivity contribution is 8.25. The molecule has 2 heterocycles. The van der Waals surface area contributed by atoms with Gasteiger partial charge in [0.05, 0.1) is 18.9 Å². The average molecular weight is 591 g/mol. The quantitative estimate of drug-likeness (QED) is 0.161. The Hall–Kier alpha value is -3.48. The minimum absolute atomic E-state index is 0.0229. The molecule has 0 aliphatic carbocycles. The van der Waals surface area contributed by atoms with Gasteiger partial charge >= 0.3 is 5.97 Å². The van der Waals surface area contributed by atoms with Crippen molar-refractivity contribution < 1.29 is 28.5 Å². The van der Waals surface area contributed by atoms with E-state index >= 15 is 0 Å². The van der Waals surface area contributed by atoms with E-state index in [0.717, 1.165) is 44.7 Å². The molecule has 0 saturated carbocycles. The van der Waals surface area contributed by atoms with Crippen molar-refractivity contribution in [3.63, 3.8) is 0 Å². The lowest BCUT2D eigenvalue weighted by Crippen LogP contribution is -2.47. The average Bonchev–Trinajstić information content (AvgIpc) is 3.32. The van der Waals surface area contributed by atoms with Gasteiger partial charge in [-0.05, 0) is 71.8 Å². The van der Waals surface area contributed by atoms with Gasteiger partial charge in [-0.15, -0.1) is 17.3 Å². The lowest BCUT2D eigenvalue weighted by atomic mass is 9.95. The van der Waals surface area contributed by atoms with E-state index in [0.29, 0.717) is 24.7 Å². The summed E-state index contributed by atoms with van der Waals surface area (Å²) in [5, 5.41) is 12.5. The molecule has 0 radical (unpaired) electrons. The summed E-state index contributed by atoms with van der Waals surface area (Å²) in [7, 11) is -2.40. The van der Waals surface area contributed by atoms with Crippen molar-refractivity contribution in [3.05, 3.63) is 82.7 Å². The maximum absolute atomic E-state index is 11.2. The van der Waals surface area contributed by atoms with Crippen LogP contribution < -0.4 is 9.47 Å². The molecule has 1 saturated heterocycles. The third-order valence-corrected chi connectivity index (χ3v) is 10.5. The number of aryl methyl sites for hydroxylation is 1. The second-order valence-electron chi connectivity index (χ2n) is 11.0. The molecule has 0 spiro atoms. The Morgan fingerprint density at radius 3 is 2.39 bits per heavy atom. The number of carboxylic acids is 1. The van der Waals surface area contributed by atoms with Crippen LogP contribution in [0.4, 0.5) is 0 Å². The number of thiophene rings is 1. The molecule has 4 aromatic rings. The first-order valence-electron chi connectivity index (χ1n) is 13.4. The summed E-state index contributed by atoms with van der Waals surface area (Å²) in [6, 6.07) is 20.0. The van der Waals surface area contributed by atoms with E-state index in [2.05, 4.69) is 42.3 Å². The molecule has 1 atom stereocenters. The Kier molecular flexibility index (Phi) is 8.35. The highest BCUT2D eigenvalue weighted by Crippen LogP contribution is 2.58. The van der Waals surface area contributed by atoms with Crippen LogP contribution in [0.1, 0.15) is 42.9 Å². The number of hydrogen-bond donors (Lipinski definition) is 3. The zero-order valence-corrected chi connectivity index (χ0v) is 25.0. The Balaban J connectivity index is 1.26. The Labute approximate surface area is 246 Å². The highest BCUT2D eigenvalue weighted by Gasteiger charge is 2.45. The van der Waals surface area contributed by atoms with Gasteiger partial charge in [-0.25, -0.2) is 0 Å². The minimum Gasteiger partial charge on any atom is -0.493 e. The van der Waals surface area contributed by atoms with Gasteiger partial charge < -0.3 is 14.6 Å². The lowest BCUT2D eigenvalue weighted by Gasteiger charge is -2.53. The van der Waals surface area contributed by atoms with Gasteiger partial charge in [0, 0.05) is 32.6 Å². The third-order valence-electron chi connectivity index (χ3n) is 7.26. The lowest BCUT2D eigenvalue weighted by molar-refractivity contribution is -0.137. The van der Waals surface area contributed by atoms with Gasteiger partial charge in [0.25, 0.3) is 0 Å². The monoisotopic (exact) mass is 590 g/mol. The van der Waals surface area contributed by atoms with Crippen molar-refractivity contribution >= 4 is 38.0 Å². The molecule has 1 fully saturated rings. The van der Waals surface area contributed by atoms with Gasteiger partial charge in [0.2, 0.25) is 0 Å². The molecule has 0 unspecified atom stereocenters. The third kappa shape index (κ3) is 6.88. The maximum Gasteiger partial charge on any atom is 0.304 e. The summed E-state index contributed by atoms with van der Waals surface area (Å²) >= 11 is 1.70. The van der Waals surface area contributed by atoms with E-state index in [-0.39, 0.29) is 17.8 Å². The SMILES string of the molecule is CC#C[C@@H](CC(=O)O)c1ccc(COc2ccc3scc(-c4ccc(OCC5(C)CS(O)(O)C5)cc4C)c3c2)cc1. The van der Waals surface area contributed by atoms with Crippen molar-refractivity contribution in [1.82, 2.24) is 0 Å². The zero-order chi connectivity index (χ0) is 29.2. The molecule has 3 aromatic carbocycles. The first-order valence-corrected chi connectivity index (χ1v) is 16.1. The summed E-state index contributed by atoms with van der Waals surface area (Å²) in [6.07, 6.45) is -0.0229. The van der Waals surface area contributed by atoms with Crippen LogP contribution in [0.5, 0.6) is 11.5 Å². The molecular weight excluding hydrogens is 556 g/mol. The number of hydrogen-bond acceptors (Lipinski definition) is 6. The fourth-order valence-corrected chi connectivity index (χ4v) is 8.62. The smallest absolute Gasteiger partial charge is 0.304 e. The van der Waals surface area contributed by atoms with Gasteiger partial charge in [-0.3, -0.25) is 13.9 Å². The second-order valence-corrected chi connectivity index (χ2v) is 14.1. The molecule has 8 heteroatoms. The van der Waals surface area contributed by atoms with Crippen molar-refractivity contribution in [2.24, 2.45) is 5.41 Å². The Morgan fingerprint density at radius 1 is 1.02 bits per heavy atom. The highest BCUT2D eigenvalue weighted by atomic mass is 32.3. The molecule has 5 rings (SSSR count). The summed E-state index contributed by atoms with van der Waals surface area (Å²) in [5.41, 5.74) is 5.06. The van der Waals surface area contributed by atoms with Gasteiger partial charge in [0.1, 0.15) is 18.1 Å². The van der Waals surface area contributed by atoms with E-state index in [4.69, 9.17) is 9.47 Å². The number of benzene rings is 3. The van der Waals surface area contributed by atoms with Crippen LogP contribution in [-0.4, -0.2) is 38.3 Å². The Bertz CT molecular complexity index is 1620. The normalized spacial score (nSPS) is 16.6. The van der Waals surface area contributed by atoms with Crippen molar-refractivity contribution in [2.75, 3.05) is 18.1 Å². The molecule has 1 aliphatic heterocycles. The number of fused-ring (bicyclic) bond motifs is 1. The van der Waals surface area contributed by atoms with Gasteiger partial charge in [-0.2, -0.15) is 10.6 Å². The number of rotatable bonds is 10. The maximum atomic E-state index is 11.2. The molecule has 1 aliphatic rings. The molecule has 3 N–H and O–H groups in total. The molecule has 1 aromatic heterocycles.